The van der Waals surface area contributed by atoms with Crippen LogP contribution in [0.15, 0.2) is 29.2 Å². The number of hydrogen-bond donors (Lipinski definition) is 1. The maximum absolute atomic E-state index is 12.2. The largest absolute Gasteiger partial charge is 0.326 e. The van der Waals surface area contributed by atoms with Gasteiger partial charge in [0.25, 0.3) is 5.76 Å². The van der Waals surface area contributed by atoms with Gasteiger partial charge in [0.2, 0.25) is 17.7 Å². The van der Waals surface area contributed by atoms with Gasteiger partial charge in [-0.2, -0.15) is 8.78 Å². The predicted octanol–water partition coefficient (Wildman–Crippen LogP) is 2.48. The molecule has 0 saturated carbocycles. The Balaban J connectivity index is 1.81. The summed E-state index contributed by atoms with van der Waals surface area (Å²) in [5.74, 6) is -3.35. The van der Waals surface area contributed by atoms with Gasteiger partial charge in [-0.25, -0.2) is 0 Å². The lowest BCUT2D eigenvalue weighted by Gasteiger charge is -2.13. The minimum absolute atomic E-state index is 0.00498. The van der Waals surface area contributed by atoms with Crippen LogP contribution >= 0.6 is 11.8 Å². The second-order valence-electron chi connectivity index (χ2n) is 4.64. The van der Waals surface area contributed by atoms with Crippen molar-refractivity contribution in [2.24, 2.45) is 0 Å². The van der Waals surface area contributed by atoms with Crippen LogP contribution in [0.25, 0.3) is 0 Å². The van der Waals surface area contributed by atoms with Crippen molar-refractivity contribution in [2.45, 2.75) is 29.9 Å². The molecule has 0 aliphatic carbocycles. The molecule has 0 radical (unpaired) electrons. The van der Waals surface area contributed by atoms with E-state index in [1.54, 1.807) is 0 Å². The molecule has 1 aliphatic rings. The van der Waals surface area contributed by atoms with Crippen molar-refractivity contribution in [1.82, 2.24) is 4.90 Å². The van der Waals surface area contributed by atoms with E-state index in [-0.39, 0.29) is 43.5 Å². The molecular formula is C14H14F2N2O3S. The van der Waals surface area contributed by atoms with Crippen LogP contribution in [0, 0.1) is 0 Å². The first-order valence-electron chi connectivity index (χ1n) is 6.63. The average Bonchev–Trinajstić information content (AvgIpc) is 2.77. The first kappa shape index (κ1) is 16.4. The van der Waals surface area contributed by atoms with Crippen LogP contribution < -0.4 is 5.32 Å². The Morgan fingerprint density at radius 3 is 2.32 bits per heavy atom. The zero-order chi connectivity index (χ0) is 16.1. The third-order valence-electron chi connectivity index (χ3n) is 3.08. The van der Waals surface area contributed by atoms with Crippen molar-refractivity contribution in [3.05, 3.63) is 24.3 Å². The van der Waals surface area contributed by atoms with Gasteiger partial charge in [0.15, 0.2) is 0 Å². The van der Waals surface area contributed by atoms with Gasteiger partial charge < -0.3 is 5.32 Å². The second-order valence-corrected chi connectivity index (χ2v) is 5.70. The molecule has 2 rings (SSSR count). The van der Waals surface area contributed by atoms with Gasteiger partial charge in [-0.15, -0.1) is 0 Å². The lowest BCUT2D eigenvalue weighted by Crippen LogP contribution is -2.32. The Morgan fingerprint density at radius 1 is 1.18 bits per heavy atom. The van der Waals surface area contributed by atoms with E-state index in [2.05, 4.69) is 5.32 Å². The normalized spacial score (nSPS) is 14.8. The third kappa shape index (κ3) is 4.52. The Hall–Kier alpha value is -1.96. The summed E-state index contributed by atoms with van der Waals surface area (Å²) in [5.41, 5.74) is 0.475. The molecule has 22 heavy (non-hydrogen) atoms. The van der Waals surface area contributed by atoms with Crippen molar-refractivity contribution in [3.63, 3.8) is 0 Å². The van der Waals surface area contributed by atoms with Crippen LogP contribution in [0.3, 0.4) is 0 Å². The van der Waals surface area contributed by atoms with E-state index < -0.39 is 5.76 Å². The Bertz CT molecular complexity index is 562. The van der Waals surface area contributed by atoms with Gasteiger partial charge >= 0.3 is 0 Å². The number of halogens is 2. The lowest BCUT2D eigenvalue weighted by molar-refractivity contribution is -0.138. The number of likely N-dealkylation sites (tertiary alicyclic amines) is 1. The number of imide groups is 1. The molecule has 1 heterocycles. The van der Waals surface area contributed by atoms with Crippen molar-refractivity contribution >= 4 is 35.2 Å². The summed E-state index contributed by atoms with van der Waals surface area (Å²) in [5, 5.41) is 2.59. The van der Waals surface area contributed by atoms with E-state index in [0.717, 1.165) is 4.90 Å². The summed E-state index contributed by atoms with van der Waals surface area (Å²) in [6, 6.07) is 6.02. The van der Waals surface area contributed by atoms with Gasteiger partial charge in [-0.05, 0) is 24.3 Å². The average molecular weight is 328 g/mol. The van der Waals surface area contributed by atoms with Crippen LogP contribution in [-0.4, -0.2) is 34.9 Å². The molecular weight excluding hydrogens is 314 g/mol. The molecule has 1 fully saturated rings. The highest BCUT2D eigenvalue weighted by molar-refractivity contribution is 7.99. The molecule has 0 unspecified atom stereocenters. The molecule has 1 saturated heterocycles. The summed E-state index contributed by atoms with van der Waals surface area (Å²) in [6.45, 7) is 0.0584. The molecule has 0 aromatic heterocycles. The third-order valence-corrected chi connectivity index (χ3v) is 3.80. The molecule has 3 amide bonds. The van der Waals surface area contributed by atoms with E-state index in [1.807, 2.05) is 0 Å². The molecule has 0 atom stereocenters. The van der Waals surface area contributed by atoms with Gasteiger partial charge in [-0.3, -0.25) is 19.3 Å². The first-order chi connectivity index (χ1) is 10.5. The standard InChI is InChI=1S/C14H14F2N2O3S/c15-14(16)22-10-3-1-9(2-4-10)17-11(19)7-8-18-12(20)5-6-13(18)21/h1-4,14H,5-8H2,(H,17,19). The number of nitrogens with zero attached hydrogens (tertiary/aromatic N) is 1. The smallest absolute Gasteiger partial charge is 0.288 e. The number of carbonyl (C=O) groups is 3. The van der Waals surface area contributed by atoms with Crippen molar-refractivity contribution in [2.75, 3.05) is 11.9 Å². The number of rotatable bonds is 6. The molecule has 118 valence electrons. The summed E-state index contributed by atoms with van der Waals surface area (Å²) in [4.78, 5) is 36.0. The lowest BCUT2D eigenvalue weighted by atomic mass is 10.3. The quantitative estimate of drug-likeness (QED) is 0.643. The summed E-state index contributed by atoms with van der Waals surface area (Å²) in [7, 11) is 0. The Kier molecular flexibility index (Phi) is 5.48. The maximum atomic E-state index is 12.2. The summed E-state index contributed by atoms with van der Waals surface area (Å²) < 4.78 is 24.4. The SMILES string of the molecule is O=C(CCN1C(=O)CCC1=O)Nc1ccc(SC(F)F)cc1. The number of benzene rings is 1. The summed E-state index contributed by atoms with van der Waals surface area (Å²) in [6.07, 6.45) is 0.401. The van der Waals surface area contributed by atoms with Crippen LogP contribution in [0.1, 0.15) is 19.3 Å². The summed E-state index contributed by atoms with van der Waals surface area (Å²) >= 11 is 0.426. The number of carbonyl (C=O) groups excluding carboxylic acids is 3. The van der Waals surface area contributed by atoms with E-state index >= 15 is 0 Å². The fourth-order valence-electron chi connectivity index (χ4n) is 2.03. The van der Waals surface area contributed by atoms with Crippen LogP contribution in [0.2, 0.25) is 0 Å². The Morgan fingerprint density at radius 2 is 1.77 bits per heavy atom. The topological polar surface area (TPSA) is 66.5 Å². The fourth-order valence-corrected chi connectivity index (χ4v) is 2.53. The minimum Gasteiger partial charge on any atom is -0.326 e. The van der Waals surface area contributed by atoms with Crippen molar-refractivity contribution in [1.29, 1.82) is 0 Å². The van der Waals surface area contributed by atoms with E-state index in [1.165, 1.54) is 24.3 Å². The number of amides is 3. The number of anilines is 1. The zero-order valence-electron chi connectivity index (χ0n) is 11.6. The monoisotopic (exact) mass is 328 g/mol. The van der Waals surface area contributed by atoms with Gasteiger partial charge in [0, 0.05) is 36.4 Å². The van der Waals surface area contributed by atoms with Gasteiger partial charge in [-0.1, -0.05) is 11.8 Å². The van der Waals surface area contributed by atoms with E-state index in [4.69, 9.17) is 0 Å². The highest BCUT2D eigenvalue weighted by Gasteiger charge is 2.28. The molecule has 5 nitrogen and oxygen atoms in total. The van der Waals surface area contributed by atoms with Gasteiger partial charge in [0.05, 0.1) is 0 Å². The first-order valence-corrected chi connectivity index (χ1v) is 7.51. The molecule has 0 bridgehead atoms. The zero-order valence-corrected chi connectivity index (χ0v) is 12.4. The second kappa shape index (κ2) is 7.35. The van der Waals surface area contributed by atoms with E-state index in [0.29, 0.717) is 22.3 Å². The van der Waals surface area contributed by atoms with Crippen LogP contribution in [0.4, 0.5) is 14.5 Å². The fraction of sp³-hybridized carbons (Fsp3) is 0.357. The molecule has 1 aliphatic heterocycles. The highest BCUT2D eigenvalue weighted by Crippen LogP contribution is 2.26. The number of alkyl halides is 2. The molecule has 8 heteroatoms. The van der Waals surface area contributed by atoms with Crippen molar-refractivity contribution in [3.8, 4) is 0 Å². The molecule has 1 aromatic carbocycles. The molecule has 0 spiro atoms. The van der Waals surface area contributed by atoms with E-state index in [9.17, 15) is 23.2 Å². The highest BCUT2D eigenvalue weighted by atomic mass is 32.2. The van der Waals surface area contributed by atoms with Crippen LogP contribution in [-0.2, 0) is 14.4 Å². The number of hydrogen-bond acceptors (Lipinski definition) is 4. The minimum atomic E-state index is -2.49. The molecule has 1 aromatic rings. The maximum Gasteiger partial charge on any atom is 0.288 e. The molecule has 1 N–H and O–H groups in total. The Labute approximate surface area is 130 Å². The predicted molar refractivity (Wildman–Crippen MR) is 77.5 cm³/mol. The van der Waals surface area contributed by atoms with Gasteiger partial charge in [0.1, 0.15) is 0 Å². The van der Waals surface area contributed by atoms with Crippen molar-refractivity contribution < 1.29 is 23.2 Å². The number of nitrogens with one attached hydrogen (secondary N) is 1. The number of thioether (sulfide) groups is 1. The van der Waals surface area contributed by atoms with Crippen LogP contribution in [0.5, 0.6) is 0 Å².